The number of imidazole rings is 1. The topological polar surface area (TPSA) is 29.9 Å². The van der Waals surface area contributed by atoms with Crippen molar-refractivity contribution >= 4 is 11.0 Å². The van der Waals surface area contributed by atoms with Crippen molar-refractivity contribution in [2.45, 2.75) is 58.9 Å². The van der Waals surface area contributed by atoms with E-state index in [1.165, 1.54) is 44.0 Å². The highest BCUT2D eigenvalue weighted by Gasteiger charge is 2.05. The van der Waals surface area contributed by atoms with E-state index in [0.717, 1.165) is 31.0 Å². The Bertz CT molecular complexity index is 530. The molecule has 0 saturated heterocycles. The molecule has 21 heavy (non-hydrogen) atoms. The predicted molar refractivity (Wildman–Crippen MR) is 90.7 cm³/mol. The molecule has 1 aromatic carbocycles. The molecule has 0 aliphatic rings. The number of para-hydroxylation sites is 2. The number of aromatic nitrogens is 2. The molecule has 0 fully saturated rings. The van der Waals surface area contributed by atoms with Crippen LogP contribution in [0.25, 0.3) is 11.0 Å². The van der Waals surface area contributed by atoms with Gasteiger partial charge in [-0.25, -0.2) is 4.98 Å². The fraction of sp³-hybridized carbons (Fsp3) is 0.611. The molecule has 0 saturated carbocycles. The van der Waals surface area contributed by atoms with E-state index in [1.54, 1.807) is 0 Å². The molecule has 116 valence electrons. The molecule has 0 aliphatic heterocycles. The highest BCUT2D eigenvalue weighted by Crippen LogP contribution is 2.14. The van der Waals surface area contributed by atoms with Gasteiger partial charge in [-0.3, -0.25) is 0 Å². The van der Waals surface area contributed by atoms with Crippen LogP contribution in [0.1, 0.15) is 51.3 Å². The van der Waals surface area contributed by atoms with Crippen LogP contribution >= 0.6 is 0 Å². The number of nitrogens with zero attached hydrogens (tertiary/aromatic N) is 2. The summed E-state index contributed by atoms with van der Waals surface area (Å²) in [5.41, 5.74) is 2.35. The molecule has 1 aromatic heterocycles. The lowest BCUT2D eigenvalue weighted by atomic mass is 10.1. The van der Waals surface area contributed by atoms with Crippen molar-refractivity contribution in [1.29, 1.82) is 0 Å². The normalized spacial score (nSPS) is 11.3. The van der Waals surface area contributed by atoms with Crippen LogP contribution in [0, 0.1) is 6.92 Å². The molecule has 3 nitrogen and oxygen atoms in total. The molecule has 3 heteroatoms. The van der Waals surface area contributed by atoms with E-state index in [2.05, 4.69) is 53.0 Å². The first kappa shape index (κ1) is 16.0. The summed E-state index contributed by atoms with van der Waals surface area (Å²) in [7, 11) is 0. The molecule has 2 aromatic rings. The minimum atomic E-state index is 1.00. The van der Waals surface area contributed by atoms with E-state index in [0.29, 0.717) is 0 Å². The van der Waals surface area contributed by atoms with Crippen molar-refractivity contribution in [3.63, 3.8) is 0 Å². The summed E-state index contributed by atoms with van der Waals surface area (Å²) in [5.74, 6) is 1.11. The van der Waals surface area contributed by atoms with Crippen LogP contribution in [0.15, 0.2) is 24.3 Å². The van der Waals surface area contributed by atoms with Gasteiger partial charge in [-0.2, -0.15) is 0 Å². The van der Waals surface area contributed by atoms with Crippen molar-refractivity contribution in [2.75, 3.05) is 13.1 Å². The average Bonchev–Trinajstić information content (AvgIpc) is 2.81. The molecular weight excluding hydrogens is 258 g/mol. The Kier molecular flexibility index (Phi) is 6.74. The van der Waals surface area contributed by atoms with Gasteiger partial charge in [0.1, 0.15) is 5.82 Å². The third-order valence-corrected chi connectivity index (χ3v) is 4.06. The van der Waals surface area contributed by atoms with Gasteiger partial charge in [0.2, 0.25) is 0 Å². The van der Waals surface area contributed by atoms with E-state index in [-0.39, 0.29) is 0 Å². The summed E-state index contributed by atoms with van der Waals surface area (Å²) in [6.07, 6.45) is 8.17. The van der Waals surface area contributed by atoms with Gasteiger partial charge in [-0.1, -0.05) is 51.2 Å². The van der Waals surface area contributed by atoms with Crippen LogP contribution in [0.2, 0.25) is 0 Å². The van der Waals surface area contributed by atoms with Gasteiger partial charge in [0, 0.05) is 13.1 Å². The smallest absolute Gasteiger partial charge is 0.106 e. The van der Waals surface area contributed by atoms with Crippen LogP contribution in [-0.4, -0.2) is 22.6 Å². The molecule has 0 aliphatic carbocycles. The summed E-state index contributed by atoms with van der Waals surface area (Å²) in [6.45, 7) is 7.52. The Hall–Kier alpha value is -1.35. The number of hydrogen-bond donors (Lipinski definition) is 1. The lowest BCUT2D eigenvalue weighted by Gasteiger charge is -2.08. The van der Waals surface area contributed by atoms with Gasteiger partial charge in [-0.05, 0) is 32.0 Å². The van der Waals surface area contributed by atoms with Gasteiger partial charge < -0.3 is 9.88 Å². The number of unbranched alkanes of at least 4 members (excludes halogenated alkanes) is 5. The zero-order valence-corrected chi connectivity index (χ0v) is 13.6. The van der Waals surface area contributed by atoms with Crippen molar-refractivity contribution in [3.8, 4) is 0 Å². The lowest BCUT2D eigenvalue weighted by molar-refractivity contribution is 0.549. The zero-order chi connectivity index (χ0) is 14.9. The fourth-order valence-electron chi connectivity index (χ4n) is 2.82. The molecule has 0 atom stereocenters. The van der Waals surface area contributed by atoms with Crippen molar-refractivity contribution in [1.82, 2.24) is 14.9 Å². The van der Waals surface area contributed by atoms with E-state index >= 15 is 0 Å². The quantitative estimate of drug-likeness (QED) is 0.660. The van der Waals surface area contributed by atoms with E-state index < -0.39 is 0 Å². The summed E-state index contributed by atoms with van der Waals surface area (Å²) in [5, 5.41) is 3.56. The van der Waals surface area contributed by atoms with Gasteiger partial charge in [-0.15, -0.1) is 0 Å². The molecule has 1 N–H and O–H groups in total. The largest absolute Gasteiger partial charge is 0.327 e. The number of hydrogen-bond acceptors (Lipinski definition) is 2. The van der Waals surface area contributed by atoms with Gasteiger partial charge >= 0.3 is 0 Å². The Balaban J connectivity index is 1.65. The first-order valence-corrected chi connectivity index (χ1v) is 8.45. The molecule has 0 bridgehead atoms. The van der Waals surface area contributed by atoms with Crippen molar-refractivity contribution in [3.05, 3.63) is 30.1 Å². The summed E-state index contributed by atoms with van der Waals surface area (Å²) < 4.78 is 2.31. The number of nitrogens with one attached hydrogen (secondary N) is 1. The third kappa shape index (κ3) is 4.85. The van der Waals surface area contributed by atoms with Crippen molar-refractivity contribution < 1.29 is 0 Å². The van der Waals surface area contributed by atoms with Crippen molar-refractivity contribution in [2.24, 2.45) is 0 Å². The Morgan fingerprint density at radius 3 is 2.62 bits per heavy atom. The monoisotopic (exact) mass is 287 g/mol. The standard InChI is InChI=1S/C18H29N3/c1-3-4-5-6-7-10-13-19-14-15-21-16(2)20-17-11-8-9-12-18(17)21/h8-9,11-12,19H,3-7,10,13-15H2,1-2H3. The van der Waals surface area contributed by atoms with Gasteiger partial charge in [0.05, 0.1) is 11.0 Å². The maximum Gasteiger partial charge on any atom is 0.106 e. The summed E-state index contributed by atoms with van der Waals surface area (Å²) in [6, 6.07) is 8.38. The lowest BCUT2D eigenvalue weighted by Crippen LogP contribution is -2.21. The SMILES string of the molecule is CCCCCCCCNCCn1c(C)nc2ccccc21. The van der Waals surface area contributed by atoms with Gasteiger partial charge in [0.15, 0.2) is 0 Å². The second-order valence-corrected chi connectivity index (χ2v) is 5.82. The Morgan fingerprint density at radius 2 is 1.76 bits per heavy atom. The van der Waals surface area contributed by atoms with Gasteiger partial charge in [0.25, 0.3) is 0 Å². The molecule has 0 radical (unpaired) electrons. The Morgan fingerprint density at radius 1 is 1.00 bits per heavy atom. The van der Waals surface area contributed by atoms with Crippen LogP contribution in [0.5, 0.6) is 0 Å². The second kappa shape index (κ2) is 8.83. The number of rotatable bonds is 10. The summed E-state index contributed by atoms with van der Waals surface area (Å²) >= 11 is 0. The predicted octanol–water partition coefficient (Wildman–Crippen LogP) is 4.29. The minimum absolute atomic E-state index is 1.00. The van der Waals surface area contributed by atoms with E-state index in [4.69, 9.17) is 0 Å². The summed E-state index contributed by atoms with van der Waals surface area (Å²) in [4.78, 5) is 4.61. The molecular formula is C18H29N3. The van der Waals surface area contributed by atoms with E-state index in [9.17, 15) is 0 Å². The van der Waals surface area contributed by atoms with Crippen LogP contribution in [0.4, 0.5) is 0 Å². The number of benzene rings is 1. The fourth-order valence-corrected chi connectivity index (χ4v) is 2.82. The molecule has 0 amide bonds. The first-order valence-electron chi connectivity index (χ1n) is 8.45. The zero-order valence-electron chi connectivity index (χ0n) is 13.6. The second-order valence-electron chi connectivity index (χ2n) is 5.82. The van der Waals surface area contributed by atoms with Crippen LogP contribution in [-0.2, 0) is 6.54 Å². The first-order chi connectivity index (χ1) is 10.3. The maximum atomic E-state index is 4.61. The molecule has 2 rings (SSSR count). The highest BCUT2D eigenvalue weighted by molar-refractivity contribution is 5.75. The minimum Gasteiger partial charge on any atom is -0.327 e. The molecule has 1 heterocycles. The average molecular weight is 287 g/mol. The van der Waals surface area contributed by atoms with Crippen LogP contribution < -0.4 is 5.32 Å². The number of aryl methyl sites for hydroxylation is 1. The van der Waals surface area contributed by atoms with E-state index in [1.807, 2.05) is 0 Å². The molecule has 0 unspecified atom stereocenters. The van der Waals surface area contributed by atoms with Crippen LogP contribution in [0.3, 0.4) is 0 Å². The maximum absolute atomic E-state index is 4.61. The third-order valence-electron chi connectivity index (χ3n) is 4.06. The Labute approximate surface area is 128 Å². The molecule has 0 spiro atoms. The highest BCUT2D eigenvalue weighted by atomic mass is 15.1. The number of fused-ring (bicyclic) bond motifs is 1.